The molecular formula is C23H38IN5O. The lowest BCUT2D eigenvalue weighted by Crippen LogP contribution is -2.50. The molecule has 3 heterocycles. The molecule has 30 heavy (non-hydrogen) atoms. The molecule has 168 valence electrons. The Kier molecular flexibility index (Phi) is 9.22. The number of halogens is 1. The molecule has 0 spiro atoms. The van der Waals surface area contributed by atoms with E-state index in [0.29, 0.717) is 6.04 Å². The van der Waals surface area contributed by atoms with E-state index in [1.807, 2.05) is 7.05 Å². The van der Waals surface area contributed by atoms with E-state index in [0.717, 1.165) is 57.8 Å². The summed E-state index contributed by atoms with van der Waals surface area (Å²) in [5.41, 5.74) is 1.38. The highest BCUT2D eigenvalue weighted by Gasteiger charge is 2.41. The number of aliphatic imine (C=N–C) groups is 1. The quantitative estimate of drug-likeness (QED) is 0.362. The SMILES string of the molecule is CCN1CCCC(CNC(=NC)N2CC3OCCN(Cc4ccccc4)C3C2)C1.I. The summed E-state index contributed by atoms with van der Waals surface area (Å²) in [6, 6.07) is 11.2. The Morgan fingerprint density at radius 3 is 2.77 bits per heavy atom. The topological polar surface area (TPSA) is 43.3 Å². The molecule has 3 atom stereocenters. The smallest absolute Gasteiger partial charge is 0.193 e. The predicted molar refractivity (Wildman–Crippen MR) is 134 cm³/mol. The second-order valence-electron chi connectivity index (χ2n) is 8.67. The van der Waals surface area contributed by atoms with Crippen molar-refractivity contribution < 1.29 is 4.74 Å². The minimum Gasteiger partial charge on any atom is -0.373 e. The van der Waals surface area contributed by atoms with Crippen molar-refractivity contribution in [1.82, 2.24) is 20.0 Å². The zero-order valence-electron chi connectivity index (χ0n) is 18.5. The fraction of sp³-hybridized carbons (Fsp3) is 0.696. The van der Waals surface area contributed by atoms with Gasteiger partial charge in [0.2, 0.25) is 0 Å². The second kappa shape index (κ2) is 11.6. The molecule has 7 heteroatoms. The van der Waals surface area contributed by atoms with Crippen LogP contribution in [0.15, 0.2) is 35.3 Å². The fourth-order valence-corrected chi connectivity index (χ4v) is 5.12. The minimum absolute atomic E-state index is 0. The van der Waals surface area contributed by atoms with Crippen LogP contribution < -0.4 is 5.32 Å². The molecule has 0 aliphatic carbocycles. The number of piperidine rings is 1. The zero-order valence-corrected chi connectivity index (χ0v) is 20.8. The van der Waals surface area contributed by atoms with Crippen molar-refractivity contribution in [2.75, 3.05) is 59.5 Å². The van der Waals surface area contributed by atoms with Gasteiger partial charge in [-0.15, -0.1) is 24.0 Å². The Balaban J connectivity index is 0.00000256. The summed E-state index contributed by atoms with van der Waals surface area (Å²) in [6.45, 7) is 11.7. The molecule has 3 fully saturated rings. The van der Waals surface area contributed by atoms with Crippen molar-refractivity contribution in [1.29, 1.82) is 0 Å². The number of rotatable bonds is 5. The predicted octanol–water partition coefficient (Wildman–Crippen LogP) is 2.50. The molecule has 1 aromatic rings. The molecule has 6 nitrogen and oxygen atoms in total. The van der Waals surface area contributed by atoms with Crippen LogP contribution in [0.25, 0.3) is 0 Å². The Labute approximate surface area is 199 Å². The highest BCUT2D eigenvalue weighted by molar-refractivity contribution is 14.0. The lowest BCUT2D eigenvalue weighted by Gasteiger charge is -2.36. The summed E-state index contributed by atoms with van der Waals surface area (Å²) >= 11 is 0. The van der Waals surface area contributed by atoms with Gasteiger partial charge in [-0.2, -0.15) is 0 Å². The van der Waals surface area contributed by atoms with E-state index < -0.39 is 0 Å². The van der Waals surface area contributed by atoms with E-state index in [4.69, 9.17) is 4.74 Å². The molecule has 0 amide bonds. The van der Waals surface area contributed by atoms with Crippen LogP contribution in [-0.2, 0) is 11.3 Å². The summed E-state index contributed by atoms with van der Waals surface area (Å²) in [5.74, 6) is 1.76. The number of nitrogens with one attached hydrogen (secondary N) is 1. The molecule has 3 saturated heterocycles. The van der Waals surface area contributed by atoms with Gasteiger partial charge in [0.05, 0.1) is 18.8 Å². The standard InChI is InChI=1S/C23H37N5O.HI/c1-3-26-11-7-10-20(15-26)14-25-23(24-2)28-17-21-22(18-28)29-13-12-27(21)16-19-8-5-4-6-9-19;/h4-6,8-9,20-22H,3,7,10-18H2,1-2H3,(H,24,25);1H. The Hall–Kier alpha value is -0.900. The molecule has 0 radical (unpaired) electrons. The third kappa shape index (κ3) is 5.87. The number of benzene rings is 1. The molecule has 3 unspecified atom stereocenters. The van der Waals surface area contributed by atoms with Crippen LogP contribution in [0.1, 0.15) is 25.3 Å². The van der Waals surface area contributed by atoms with Crippen LogP contribution >= 0.6 is 24.0 Å². The zero-order chi connectivity index (χ0) is 20.1. The van der Waals surface area contributed by atoms with E-state index in [2.05, 4.69) is 62.3 Å². The Bertz CT molecular complexity index is 673. The lowest BCUT2D eigenvalue weighted by molar-refractivity contribution is -0.0502. The van der Waals surface area contributed by atoms with E-state index in [9.17, 15) is 0 Å². The highest BCUT2D eigenvalue weighted by Crippen LogP contribution is 2.25. The van der Waals surface area contributed by atoms with Gasteiger partial charge < -0.3 is 19.9 Å². The summed E-state index contributed by atoms with van der Waals surface area (Å²) in [7, 11) is 1.91. The number of likely N-dealkylation sites (tertiary alicyclic amines) is 2. The van der Waals surface area contributed by atoms with Crippen molar-refractivity contribution in [3.63, 3.8) is 0 Å². The number of hydrogen-bond acceptors (Lipinski definition) is 4. The summed E-state index contributed by atoms with van der Waals surface area (Å²) < 4.78 is 6.15. The number of guanidine groups is 1. The summed E-state index contributed by atoms with van der Waals surface area (Å²) in [5, 5.41) is 3.68. The monoisotopic (exact) mass is 527 g/mol. The lowest BCUT2D eigenvalue weighted by atomic mass is 9.98. The second-order valence-corrected chi connectivity index (χ2v) is 8.67. The third-order valence-corrected chi connectivity index (χ3v) is 6.76. The van der Waals surface area contributed by atoms with E-state index in [1.54, 1.807) is 0 Å². The number of nitrogens with zero attached hydrogens (tertiary/aromatic N) is 4. The molecule has 0 aromatic heterocycles. The van der Waals surface area contributed by atoms with Crippen molar-refractivity contribution >= 4 is 29.9 Å². The van der Waals surface area contributed by atoms with Gasteiger partial charge in [-0.3, -0.25) is 9.89 Å². The van der Waals surface area contributed by atoms with Gasteiger partial charge in [0.25, 0.3) is 0 Å². The molecule has 1 N–H and O–H groups in total. The molecule has 0 bridgehead atoms. The fourth-order valence-electron chi connectivity index (χ4n) is 5.12. The molecule has 4 rings (SSSR count). The van der Waals surface area contributed by atoms with Crippen molar-refractivity contribution in [2.24, 2.45) is 10.9 Å². The van der Waals surface area contributed by atoms with Crippen LogP contribution in [-0.4, -0.2) is 92.3 Å². The van der Waals surface area contributed by atoms with Gasteiger partial charge in [-0.1, -0.05) is 37.3 Å². The third-order valence-electron chi connectivity index (χ3n) is 6.76. The van der Waals surface area contributed by atoms with Crippen molar-refractivity contribution in [2.45, 2.75) is 38.5 Å². The first-order chi connectivity index (χ1) is 14.3. The first-order valence-corrected chi connectivity index (χ1v) is 11.3. The van der Waals surface area contributed by atoms with Crippen molar-refractivity contribution in [3.8, 4) is 0 Å². The molecule has 3 aliphatic rings. The Morgan fingerprint density at radius 1 is 1.17 bits per heavy atom. The van der Waals surface area contributed by atoms with Gasteiger partial charge in [0.15, 0.2) is 5.96 Å². The van der Waals surface area contributed by atoms with Gasteiger partial charge in [-0.05, 0) is 37.4 Å². The number of hydrogen-bond donors (Lipinski definition) is 1. The molecule has 0 saturated carbocycles. The van der Waals surface area contributed by atoms with Crippen LogP contribution in [0.3, 0.4) is 0 Å². The van der Waals surface area contributed by atoms with E-state index >= 15 is 0 Å². The number of morpholine rings is 1. The average Bonchev–Trinajstić information content (AvgIpc) is 3.20. The van der Waals surface area contributed by atoms with Gasteiger partial charge in [0.1, 0.15) is 0 Å². The highest BCUT2D eigenvalue weighted by atomic mass is 127. The van der Waals surface area contributed by atoms with E-state index in [1.165, 1.54) is 31.5 Å². The number of fused-ring (bicyclic) bond motifs is 1. The maximum absolute atomic E-state index is 6.15. The van der Waals surface area contributed by atoms with Gasteiger partial charge in [0, 0.05) is 46.3 Å². The first kappa shape index (κ1) is 23.8. The van der Waals surface area contributed by atoms with Crippen LogP contribution in [0.4, 0.5) is 0 Å². The summed E-state index contributed by atoms with van der Waals surface area (Å²) in [4.78, 5) is 12.2. The molecular weight excluding hydrogens is 489 g/mol. The maximum atomic E-state index is 6.15. The van der Waals surface area contributed by atoms with Crippen molar-refractivity contribution in [3.05, 3.63) is 35.9 Å². The Morgan fingerprint density at radius 2 is 2.00 bits per heavy atom. The molecule has 3 aliphatic heterocycles. The van der Waals surface area contributed by atoms with Crippen LogP contribution in [0, 0.1) is 5.92 Å². The molecule has 1 aromatic carbocycles. The van der Waals surface area contributed by atoms with E-state index in [-0.39, 0.29) is 30.1 Å². The average molecular weight is 527 g/mol. The number of ether oxygens (including phenoxy) is 1. The summed E-state index contributed by atoms with van der Waals surface area (Å²) in [6.07, 6.45) is 2.91. The normalized spacial score (nSPS) is 28.1. The largest absolute Gasteiger partial charge is 0.373 e. The maximum Gasteiger partial charge on any atom is 0.193 e. The minimum atomic E-state index is 0. The van der Waals surface area contributed by atoms with Crippen LogP contribution in [0.5, 0.6) is 0 Å². The van der Waals surface area contributed by atoms with Crippen LogP contribution in [0.2, 0.25) is 0 Å². The van der Waals surface area contributed by atoms with Gasteiger partial charge in [-0.25, -0.2) is 0 Å². The first-order valence-electron chi connectivity index (χ1n) is 11.3. The van der Waals surface area contributed by atoms with Gasteiger partial charge >= 0.3 is 0 Å².